The van der Waals surface area contributed by atoms with E-state index in [-0.39, 0.29) is 16.9 Å². The molecule has 19 heavy (non-hydrogen) atoms. The molecule has 0 aliphatic carbocycles. The highest BCUT2D eigenvalue weighted by molar-refractivity contribution is 7.89. The molecule has 0 saturated carbocycles. The second kappa shape index (κ2) is 6.45. The maximum Gasteiger partial charge on any atom is 0.241 e. The second-order valence-electron chi connectivity index (χ2n) is 4.96. The highest BCUT2D eigenvalue weighted by Crippen LogP contribution is 2.18. The van der Waals surface area contributed by atoms with Gasteiger partial charge in [-0.1, -0.05) is 13.8 Å². The van der Waals surface area contributed by atoms with Gasteiger partial charge < -0.3 is 5.73 Å². The van der Waals surface area contributed by atoms with Crippen LogP contribution in [0.4, 0.5) is 4.39 Å². The largest absolute Gasteiger partial charge is 0.330 e. The summed E-state index contributed by atoms with van der Waals surface area (Å²) < 4.78 is 40.2. The van der Waals surface area contributed by atoms with Gasteiger partial charge in [-0.3, -0.25) is 0 Å². The summed E-state index contributed by atoms with van der Waals surface area (Å²) >= 11 is 0. The lowest BCUT2D eigenvalue weighted by atomic mass is 10.0. The first-order valence-corrected chi connectivity index (χ1v) is 7.74. The number of hydrogen-bond acceptors (Lipinski definition) is 3. The van der Waals surface area contributed by atoms with Gasteiger partial charge in [0, 0.05) is 6.04 Å². The van der Waals surface area contributed by atoms with E-state index in [0.717, 1.165) is 6.07 Å². The average Bonchev–Trinajstić information content (AvgIpc) is 2.27. The number of nitrogens with two attached hydrogens (primary N) is 1. The van der Waals surface area contributed by atoms with Crippen LogP contribution in [0.3, 0.4) is 0 Å². The van der Waals surface area contributed by atoms with Crippen LogP contribution in [-0.2, 0) is 10.0 Å². The normalized spacial score (nSPS) is 13.8. The maximum atomic E-state index is 13.0. The van der Waals surface area contributed by atoms with E-state index < -0.39 is 15.8 Å². The summed E-state index contributed by atoms with van der Waals surface area (Å²) in [6, 6.07) is 3.42. The van der Waals surface area contributed by atoms with Crippen LogP contribution in [-0.4, -0.2) is 21.0 Å². The van der Waals surface area contributed by atoms with Crippen LogP contribution in [0, 0.1) is 18.7 Å². The van der Waals surface area contributed by atoms with Crippen LogP contribution in [0.15, 0.2) is 23.1 Å². The molecule has 0 aliphatic rings. The van der Waals surface area contributed by atoms with Crippen LogP contribution in [0.5, 0.6) is 0 Å². The van der Waals surface area contributed by atoms with Gasteiger partial charge in [-0.15, -0.1) is 0 Å². The first-order chi connectivity index (χ1) is 8.77. The van der Waals surface area contributed by atoms with Gasteiger partial charge in [-0.05, 0) is 49.6 Å². The number of nitrogens with one attached hydrogen (secondary N) is 1. The summed E-state index contributed by atoms with van der Waals surface area (Å²) in [4.78, 5) is 0.108. The first-order valence-electron chi connectivity index (χ1n) is 6.26. The van der Waals surface area contributed by atoms with Crippen molar-refractivity contribution in [3.63, 3.8) is 0 Å². The third-order valence-corrected chi connectivity index (χ3v) is 4.67. The quantitative estimate of drug-likeness (QED) is 0.838. The highest BCUT2D eigenvalue weighted by atomic mass is 32.2. The monoisotopic (exact) mass is 288 g/mol. The molecule has 1 atom stereocenters. The van der Waals surface area contributed by atoms with Gasteiger partial charge in [0.15, 0.2) is 0 Å². The minimum Gasteiger partial charge on any atom is -0.330 e. The van der Waals surface area contributed by atoms with Gasteiger partial charge >= 0.3 is 0 Å². The van der Waals surface area contributed by atoms with Gasteiger partial charge in [0.1, 0.15) is 5.82 Å². The molecule has 1 unspecified atom stereocenters. The Hall–Kier alpha value is -0.980. The van der Waals surface area contributed by atoms with Crippen molar-refractivity contribution in [3.05, 3.63) is 29.6 Å². The van der Waals surface area contributed by atoms with E-state index in [9.17, 15) is 12.8 Å². The Morgan fingerprint density at radius 2 is 2.00 bits per heavy atom. The van der Waals surface area contributed by atoms with Crippen molar-refractivity contribution in [1.82, 2.24) is 4.72 Å². The highest BCUT2D eigenvalue weighted by Gasteiger charge is 2.23. The van der Waals surface area contributed by atoms with Crippen molar-refractivity contribution in [3.8, 4) is 0 Å². The molecule has 0 spiro atoms. The van der Waals surface area contributed by atoms with E-state index in [1.807, 2.05) is 13.8 Å². The maximum absolute atomic E-state index is 13.0. The molecule has 1 aromatic carbocycles. The van der Waals surface area contributed by atoms with Gasteiger partial charge in [-0.25, -0.2) is 17.5 Å². The van der Waals surface area contributed by atoms with E-state index in [1.54, 1.807) is 6.92 Å². The Labute approximate surface area is 114 Å². The van der Waals surface area contributed by atoms with Crippen molar-refractivity contribution in [1.29, 1.82) is 0 Å². The van der Waals surface area contributed by atoms with E-state index in [0.29, 0.717) is 18.5 Å². The third kappa shape index (κ3) is 4.26. The van der Waals surface area contributed by atoms with Crippen LogP contribution in [0.2, 0.25) is 0 Å². The standard InChI is InChI=1S/C13H21FN2O2S/c1-9(2)12(6-7-15)16-19(17,18)13-5-4-11(14)8-10(13)3/h4-5,8-9,12,16H,6-7,15H2,1-3H3. The lowest BCUT2D eigenvalue weighted by Crippen LogP contribution is -2.40. The molecule has 1 aromatic rings. The summed E-state index contributed by atoms with van der Waals surface area (Å²) in [5.74, 6) is -0.308. The van der Waals surface area contributed by atoms with Crippen molar-refractivity contribution in [2.75, 3.05) is 6.54 Å². The summed E-state index contributed by atoms with van der Waals surface area (Å²) in [7, 11) is -3.65. The number of aryl methyl sites for hydroxylation is 1. The van der Waals surface area contributed by atoms with E-state index >= 15 is 0 Å². The molecular formula is C13H21FN2O2S. The van der Waals surface area contributed by atoms with Crippen LogP contribution >= 0.6 is 0 Å². The summed E-state index contributed by atoms with van der Waals surface area (Å²) in [5, 5.41) is 0. The molecule has 0 fully saturated rings. The zero-order valence-corrected chi connectivity index (χ0v) is 12.3. The molecule has 0 radical (unpaired) electrons. The number of rotatable bonds is 6. The first kappa shape index (κ1) is 16.1. The Morgan fingerprint density at radius 1 is 1.37 bits per heavy atom. The minimum atomic E-state index is -3.65. The molecule has 0 aromatic heterocycles. The van der Waals surface area contributed by atoms with Crippen LogP contribution in [0.25, 0.3) is 0 Å². The molecular weight excluding hydrogens is 267 g/mol. The number of benzene rings is 1. The fourth-order valence-electron chi connectivity index (χ4n) is 1.89. The fourth-order valence-corrected chi connectivity index (χ4v) is 3.53. The predicted octanol–water partition coefficient (Wildman–Crippen LogP) is 1.79. The Balaban J connectivity index is 3.03. The molecule has 0 bridgehead atoms. The molecule has 108 valence electrons. The summed E-state index contributed by atoms with van der Waals surface area (Å²) in [6.45, 7) is 5.85. The molecule has 0 aliphatic heterocycles. The summed E-state index contributed by atoms with van der Waals surface area (Å²) in [6.07, 6.45) is 0.567. The Morgan fingerprint density at radius 3 is 2.47 bits per heavy atom. The van der Waals surface area contributed by atoms with Crippen molar-refractivity contribution >= 4 is 10.0 Å². The molecule has 0 saturated heterocycles. The topological polar surface area (TPSA) is 72.2 Å². The molecule has 4 nitrogen and oxygen atoms in total. The molecule has 3 N–H and O–H groups in total. The van der Waals surface area contributed by atoms with Gasteiger partial charge in [0.05, 0.1) is 4.90 Å². The molecule has 0 amide bonds. The third-order valence-electron chi connectivity index (χ3n) is 3.02. The fraction of sp³-hybridized carbons (Fsp3) is 0.538. The molecule has 1 rings (SSSR count). The molecule has 6 heteroatoms. The second-order valence-corrected chi connectivity index (χ2v) is 6.64. The molecule has 0 heterocycles. The lowest BCUT2D eigenvalue weighted by molar-refractivity contribution is 0.428. The van der Waals surface area contributed by atoms with E-state index in [4.69, 9.17) is 5.73 Å². The average molecular weight is 288 g/mol. The van der Waals surface area contributed by atoms with Crippen molar-refractivity contribution in [2.24, 2.45) is 11.7 Å². The van der Waals surface area contributed by atoms with E-state index in [2.05, 4.69) is 4.72 Å². The zero-order valence-electron chi connectivity index (χ0n) is 11.5. The number of hydrogen-bond donors (Lipinski definition) is 2. The Bertz CT molecular complexity index is 529. The Kier molecular flexibility index (Phi) is 5.46. The van der Waals surface area contributed by atoms with E-state index in [1.165, 1.54) is 12.1 Å². The minimum absolute atomic E-state index is 0.108. The number of halogens is 1. The predicted molar refractivity (Wildman–Crippen MR) is 73.8 cm³/mol. The number of sulfonamides is 1. The van der Waals surface area contributed by atoms with Crippen molar-refractivity contribution in [2.45, 2.75) is 38.1 Å². The lowest BCUT2D eigenvalue weighted by Gasteiger charge is -2.22. The van der Waals surface area contributed by atoms with Gasteiger partial charge in [-0.2, -0.15) is 0 Å². The van der Waals surface area contributed by atoms with Crippen molar-refractivity contribution < 1.29 is 12.8 Å². The van der Waals surface area contributed by atoms with Gasteiger partial charge in [0.2, 0.25) is 10.0 Å². The SMILES string of the molecule is Cc1cc(F)ccc1S(=O)(=O)NC(CCN)C(C)C. The van der Waals surface area contributed by atoms with Crippen LogP contribution < -0.4 is 10.5 Å². The van der Waals surface area contributed by atoms with Crippen LogP contribution in [0.1, 0.15) is 25.8 Å². The zero-order chi connectivity index (χ0) is 14.6. The van der Waals surface area contributed by atoms with Gasteiger partial charge in [0.25, 0.3) is 0 Å². The smallest absolute Gasteiger partial charge is 0.241 e. The summed E-state index contributed by atoms with van der Waals surface area (Å²) in [5.41, 5.74) is 5.88.